The van der Waals surface area contributed by atoms with Crippen LogP contribution in [0, 0.1) is 0 Å². The second-order valence-electron chi connectivity index (χ2n) is 3.26. The molecule has 0 aliphatic rings. The highest BCUT2D eigenvalue weighted by molar-refractivity contribution is 5.90. The summed E-state index contributed by atoms with van der Waals surface area (Å²) in [7, 11) is 0. The minimum absolute atomic E-state index is 0.601. The molecule has 0 aliphatic heterocycles. The smallest absolute Gasteiger partial charge is 0.114 e. The Hall–Kier alpha value is -1.83. The summed E-state index contributed by atoms with van der Waals surface area (Å²) in [5, 5.41) is 6.30. The molecule has 0 aliphatic carbocycles. The molecular formula is C13H13NO. The molecule has 76 valence electrons. The maximum atomic E-state index is 4.92. The van der Waals surface area contributed by atoms with E-state index < -0.39 is 0 Å². The zero-order chi connectivity index (χ0) is 10.5. The minimum Gasteiger partial charge on any atom is -0.396 e. The molecule has 2 aromatic carbocycles. The van der Waals surface area contributed by atoms with Gasteiger partial charge in [-0.2, -0.15) is 0 Å². The van der Waals surface area contributed by atoms with Crippen molar-refractivity contribution in [1.82, 2.24) is 0 Å². The molecule has 2 rings (SSSR count). The van der Waals surface area contributed by atoms with E-state index in [-0.39, 0.29) is 0 Å². The zero-order valence-corrected chi connectivity index (χ0v) is 8.68. The molecule has 0 fully saturated rings. The van der Waals surface area contributed by atoms with Crippen LogP contribution in [0.15, 0.2) is 47.6 Å². The summed E-state index contributed by atoms with van der Waals surface area (Å²) < 4.78 is 0. The number of oxime groups is 1. The van der Waals surface area contributed by atoms with Crippen molar-refractivity contribution in [2.24, 2.45) is 5.16 Å². The summed E-state index contributed by atoms with van der Waals surface area (Å²) in [5.74, 6) is 0. The van der Waals surface area contributed by atoms with Gasteiger partial charge in [-0.1, -0.05) is 41.6 Å². The Labute approximate surface area is 89.2 Å². The maximum Gasteiger partial charge on any atom is 0.114 e. The lowest BCUT2D eigenvalue weighted by Crippen LogP contribution is -1.84. The molecular weight excluding hydrogens is 186 g/mol. The topological polar surface area (TPSA) is 21.6 Å². The summed E-state index contributed by atoms with van der Waals surface area (Å²) in [6.07, 6.45) is 1.73. The van der Waals surface area contributed by atoms with Gasteiger partial charge in [-0.05, 0) is 29.3 Å². The predicted molar refractivity (Wildman–Crippen MR) is 63.2 cm³/mol. The normalized spacial score (nSPS) is 11.0. The molecule has 0 saturated carbocycles. The molecule has 0 N–H and O–H groups in total. The second kappa shape index (κ2) is 4.60. The van der Waals surface area contributed by atoms with Gasteiger partial charge in [0.2, 0.25) is 0 Å². The molecule has 0 spiro atoms. The first kappa shape index (κ1) is 9.71. The second-order valence-corrected chi connectivity index (χ2v) is 3.26. The molecule has 0 saturated heterocycles. The molecule has 0 atom stereocenters. The zero-order valence-electron chi connectivity index (χ0n) is 8.68. The molecule has 0 unspecified atom stereocenters. The standard InChI is InChI=1S/C13H13NO/c1-2-15-14-10-11-7-8-12-5-3-4-6-13(12)9-11/h3-10H,2H2,1H3. The highest BCUT2D eigenvalue weighted by Crippen LogP contribution is 2.14. The van der Waals surface area contributed by atoms with Crippen LogP contribution in [0.25, 0.3) is 10.8 Å². The SMILES string of the molecule is CCON=Cc1ccc2ccccc2c1. The van der Waals surface area contributed by atoms with Crippen molar-refractivity contribution >= 4 is 17.0 Å². The Morgan fingerprint density at radius 2 is 1.93 bits per heavy atom. The van der Waals surface area contributed by atoms with E-state index in [4.69, 9.17) is 4.84 Å². The molecule has 15 heavy (non-hydrogen) atoms. The van der Waals surface area contributed by atoms with Crippen LogP contribution in [0.1, 0.15) is 12.5 Å². The van der Waals surface area contributed by atoms with Crippen LogP contribution in [0.4, 0.5) is 0 Å². The van der Waals surface area contributed by atoms with Crippen molar-refractivity contribution in [3.05, 3.63) is 48.0 Å². The Balaban J connectivity index is 2.30. The first-order valence-electron chi connectivity index (χ1n) is 5.04. The average molecular weight is 199 g/mol. The highest BCUT2D eigenvalue weighted by atomic mass is 16.6. The van der Waals surface area contributed by atoms with Gasteiger partial charge in [-0.3, -0.25) is 0 Å². The third kappa shape index (κ3) is 2.34. The first-order chi connectivity index (χ1) is 7.40. The van der Waals surface area contributed by atoms with Gasteiger partial charge in [-0.25, -0.2) is 0 Å². The number of benzene rings is 2. The lowest BCUT2D eigenvalue weighted by atomic mass is 10.1. The fourth-order valence-electron chi connectivity index (χ4n) is 1.46. The monoisotopic (exact) mass is 199 g/mol. The van der Waals surface area contributed by atoms with Crippen molar-refractivity contribution in [3.8, 4) is 0 Å². The van der Waals surface area contributed by atoms with E-state index >= 15 is 0 Å². The Bertz CT molecular complexity index is 477. The molecule has 0 bridgehead atoms. The first-order valence-corrected chi connectivity index (χ1v) is 5.04. The summed E-state index contributed by atoms with van der Waals surface area (Å²) in [5.41, 5.74) is 1.06. The predicted octanol–water partition coefficient (Wildman–Crippen LogP) is 3.21. The van der Waals surface area contributed by atoms with E-state index in [0.29, 0.717) is 6.61 Å². The summed E-state index contributed by atoms with van der Waals surface area (Å²) >= 11 is 0. The number of fused-ring (bicyclic) bond motifs is 1. The maximum absolute atomic E-state index is 4.92. The fraction of sp³-hybridized carbons (Fsp3) is 0.154. The van der Waals surface area contributed by atoms with Crippen LogP contribution in [0.2, 0.25) is 0 Å². The molecule has 0 heterocycles. The van der Waals surface area contributed by atoms with Crippen molar-refractivity contribution in [1.29, 1.82) is 0 Å². The van der Waals surface area contributed by atoms with Crippen molar-refractivity contribution in [2.45, 2.75) is 6.92 Å². The molecule has 0 radical (unpaired) electrons. The van der Waals surface area contributed by atoms with Gasteiger partial charge in [0, 0.05) is 0 Å². The number of hydrogen-bond donors (Lipinski definition) is 0. The van der Waals surface area contributed by atoms with Gasteiger partial charge in [0.1, 0.15) is 6.61 Å². The van der Waals surface area contributed by atoms with Crippen LogP contribution < -0.4 is 0 Å². The number of nitrogens with zero attached hydrogens (tertiary/aromatic N) is 1. The summed E-state index contributed by atoms with van der Waals surface area (Å²) in [6.45, 7) is 2.52. The van der Waals surface area contributed by atoms with Crippen LogP contribution in [0.5, 0.6) is 0 Å². The van der Waals surface area contributed by atoms with Crippen LogP contribution in [0.3, 0.4) is 0 Å². The Morgan fingerprint density at radius 1 is 1.13 bits per heavy atom. The third-order valence-corrected chi connectivity index (χ3v) is 2.18. The van der Waals surface area contributed by atoms with Crippen LogP contribution in [-0.2, 0) is 4.84 Å². The Kier molecular flexibility index (Phi) is 2.98. The van der Waals surface area contributed by atoms with E-state index in [2.05, 4.69) is 29.4 Å². The van der Waals surface area contributed by atoms with E-state index in [0.717, 1.165) is 5.56 Å². The molecule has 0 aromatic heterocycles. The van der Waals surface area contributed by atoms with E-state index in [1.807, 2.05) is 25.1 Å². The average Bonchev–Trinajstić information content (AvgIpc) is 2.29. The van der Waals surface area contributed by atoms with Gasteiger partial charge in [0.05, 0.1) is 6.21 Å². The largest absolute Gasteiger partial charge is 0.396 e. The fourth-order valence-corrected chi connectivity index (χ4v) is 1.46. The van der Waals surface area contributed by atoms with Gasteiger partial charge in [0.25, 0.3) is 0 Å². The quantitative estimate of drug-likeness (QED) is 0.549. The summed E-state index contributed by atoms with van der Waals surface area (Å²) in [4.78, 5) is 4.92. The van der Waals surface area contributed by atoms with Gasteiger partial charge < -0.3 is 4.84 Å². The number of hydrogen-bond acceptors (Lipinski definition) is 2. The highest BCUT2D eigenvalue weighted by Gasteiger charge is 1.92. The molecule has 2 heteroatoms. The third-order valence-electron chi connectivity index (χ3n) is 2.18. The lowest BCUT2D eigenvalue weighted by Gasteiger charge is -1.98. The van der Waals surface area contributed by atoms with Gasteiger partial charge >= 0.3 is 0 Å². The molecule has 0 amide bonds. The summed E-state index contributed by atoms with van der Waals surface area (Å²) in [6, 6.07) is 14.5. The molecule has 2 aromatic rings. The van der Waals surface area contributed by atoms with Crippen LogP contribution in [-0.4, -0.2) is 12.8 Å². The van der Waals surface area contributed by atoms with Crippen molar-refractivity contribution in [3.63, 3.8) is 0 Å². The van der Waals surface area contributed by atoms with E-state index in [1.54, 1.807) is 6.21 Å². The van der Waals surface area contributed by atoms with Crippen LogP contribution >= 0.6 is 0 Å². The van der Waals surface area contributed by atoms with Gasteiger partial charge in [-0.15, -0.1) is 0 Å². The van der Waals surface area contributed by atoms with E-state index in [9.17, 15) is 0 Å². The lowest BCUT2D eigenvalue weighted by molar-refractivity contribution is 0.160. The Morgan fingerprint density at radius 3 is 2.73 bits per heavy atom. The molecule has 2 nitrogen and oxygen atoms in total. The van der Waals surface area contributed by atoms with Crippen molar-refractivity contribution < 1.29 is 4.84 Å². The van der Waals surface area contributed by atoms with Gasteiger partial charge in [0.15, 0.2) is 0 Å². The van der Waals surface area contributed by atoms with Crippen molar-refractivity contribution in [2.75, 3.05) is 6.61 Å². The minimum atomic E-state index is 0.601. The number of rotatable bonds is 3. The van der Waals surface area contributed by atoms with E-state index in [1.165, 1.54) is 10.8 Å².